The van der Waals surface area contributed by atoms with E-state index in [9.17, 15) is 14.7 Å². The van der Waals surface area contributed by atoms with Crippen molar-refractivity contribution in [2.45, 2.75) is 44.6 Å². The molecule has 2 aliphatic heterocycles. The van der Waals surface area contributed by atoms with E-state index >= 15 is 0 Å². The fraction of sp³-hybridized carbons (Fsp3) is 0.857. The monoisotopic (exact) mass is 267 g/mol. The van der Waals surface area contributed by atoms with Crippen LogP contribution in [0.3, 0.4) is 0 Å². The van der Waals surface area contributed by atoms with Crippen LogP contribution in [-0.4, -0.2) is 47.7 Å². The summed E-state index contributed by atoms with van der Waals surface area (Å²) in [6.45, 7) is 2.07. The Labute approximate surface area is 113 Å². The highest BCUT2D eigenvalue weighted by atomic mass is 16.3. The first-order valence-corrected chi connectivity index (χ1v) is 7.53. The summed E-state index contributed by atoms with van der Waals surface area (Å²) < 4.78 is 0. The zero-order valence-corrected chi connectivity index (χ0v) is 11.3. The second-order valence-electron chi connectivity index (χ2n) is 6.26. The summed E-state index contributed by atoms with van der Waals surface area (Å²) in [6.07, 6.45) is 5.44. The molecule has 5 nitrogen and oxygen atoms in total. The number of carbonyl (C=O) groups is 2. The van der Waals surface area contributed by atoms with Gasteiger partial charge in [0, 0.05) is 0 Å². The van der Waals surface area contributed by atoms with Crippen LogP contribution >= 0.6 is 0 Å². The van der Waals surface area contributed by atoms with E-state index in [0.717, 1.165) is 45.1 Å². The Hall–Kier alpha value is -0.940. The zero-order chi connectivity index (χ0) is 13.4. The maximum atomic E-state index is 12.3. The molecule has 0 radical (unpaired) electrons. The molecule has 2 saturated heterocycles. The number of hydrogen-bond donors (Lipinski definition) is 2. The number of fused-ring (bicyclic) bond motifs is 1. The normalized spacial score (nSPS) is 39.5. The first-order valence-electron chi connectivity index (χ1n) is 7.53. The molecule has 0 aromatic rings. The van der Waals surface area contributed by atoms with E-state index in [1.165, 1.54) is 9.80 Å². The highest BCUT2D eigenvalue weighted by Gasteiger charge is 2.49. The minimum Gasteiger partial charge on any atom is -0.387 e. The Bertz CT molecular complexity index is 361. The summed E-state index contributed by atoms with van der Waals surface area (Å²) >= 11 is 0. The van der Waals surface area contributed by atoms with Crippen molar-refractivity contribution in [3.05, 3.63) is 0 Å². The Morgan fingerprint density at radius 3 is 2.26 bits per heavy atom. The van der Waals surface area contributed by atoms with Gasteiger partial charge in [-0.15, -0.1) is 0 Å². The summed E-state index contributed by atoms with van der Waals surface area (Å²) in [4.78, 5) is 27.3. The third kappa shape index (κ3) is 2.41. The number of quaternary nitrogens is 1. The van der Waals surface area contributed by atoms with Gasteiger partial charge in [0.25, 0.3) is 0 Å². The van der Waals surface area contributed by atoms with E-state index in [2.05, 4.69) is 0 Å². The van der Waals surface area contributed by atoms with E-state index in [-0.39, 0.29) is 29.8 Å². The topological polar surface area (TPSA) is 62.0 Å². The van der Waals surface area contributed by atoms with Gasteiger partial charge < -0.3 is 10.0 Å². The number of piperidine rings is 1. The highest BCUT2D eigenvalue weighted by Crippen LogP contribution is 2.37. The minimum absolute atomic E-state index is 0.0438. The number of carbonyl (C=O) groups excluding carboxylic acids is 2. The van der Waals surface area contributed by atoms with Crippen LogP contribution in [-0.2, 0) is 9.59 Å². The number of imide groups is 1. The second-order valence-corrected chi connectivity index (χ2v) is 6.26. The van der Waals surface area contributed by atoms with Crippen LogP contribution in [0.1, 0.15) is 38.5 Å². The molecule has 2 heterocycles. The van der Waals surface area contributed by atoms with Crippen molar-refractivity contribution in [1.82, 2.24) is 4.90 Å². The predicted molar refractivity (Wildman–Crippen MR) is 68.1 cm³/mol. The van der Waals surface area contributed by atoms with E-state index in [4.69, 9.17) is 0 Å². The Kier molecular flexibility index (Phi) is 3.58. The van der Waals surface area contributed by atoms with Gasteiger partial charge in [-0.25, -0.2) is 4.90 Å². The molecular weight excluding hydrogens is 244 g/mol. The molecule has 1 unspecified atom stereocenters. The number of nitrogens with one attached hydrogen (secondary N) is 1. The standard InChI is InChI=1S/C14H22N2O3/c17-10-4-3-7-15(8-10)9-16-13(18)11-5-1-2-6-12(11)14(16)19/h10-12,17H,1-9H2/p+1/t10-,11-,12-/m0/s1. The van der Waals surface area contributed by atoms with Crippen LogP contribution in [0, 0.1) is 11.8 Å². The average molecular weight is 267 g/mol. The van der Waals surface area contributed by atoms with Gasteiger partial charge in [0.1, 0.15) is 12.6 Å². The van der Waals surface area contributed by atoms with Crippen LogP contribution in [0.2, 0.25) is 0 Å². The average Bonchev–Trinajstić information content (AvgIpc) is 2.65. The maximum absolute atomic E-state index is 12.3. The fourth-order valence-electron chi connectivity index (χ4n) is 3.88. The van der Waals surface area contributed by atoms with Crippen molar-refractivity contribution in [2.75, 3.05) is 19.8 Å². The molecule has 2 amide bonds. The highest BCUT2D eigenvalue weighted by molar-refractivity contribution is 6.05. The van der Waals surface area contributed by atoms with Crippen LogP contribution in [0.5, 0.6) is 0 Å². The largest absolute Gasteiger partial charge is 0.387 e. The third-order valence-electron chi connectivity index (χ3n) is 4.91. The molecule has 0 spiro atoms. The van der Waals surface area contributed by atoms with Crippen molar-refractivity contribution >= 4 is 11.8 Å². The number of aliphatic hydroxyl groups is 1. The van der Waals surface area contributed by atoms with E-state index in [1.54, 1.807) is 0 Å². The fourth-order valence-corrected chi connectivity index (χ4v) is 3.88. The summed E-state index contributed by atoms with van der Waals surface area (Å²) in [5, 5.41) is 9.68. The van der Waals surface area contributed by atoms with E-state index in [1.807, 2.05) is 0 Å². The number of hydrogen-bond acceptors (Lipinski definition) is 3. The first kappa shape index (κ1) is 13.1. The molecule has 1 saturated carbocycles. The zero-order valence-electron chi connectivity index (χ0n) is 11.3. The number of rotatable bonds is 2. The molecule has 5 heteroatoms. The van der Waals surface area contributed by atoms with Gasteiger partial charge in [-0.1, -0.05) is 12.8 Å². The van der Waals surface area contributed by atoms with Gasteiger partial charge in [-0.3, -0.25) is 9.59 Å². The molecule has 1 aliphatic carbocycles. The quantitative estimate of drug-likeness (QED) is 0.641. The van der Waals surface area contributed by atoms with Crippen molar-refractivity contribution in [2.24, 2.45) is 11.8 Å². The Morgan fingerprint density at radius 2 is 1.68 bits per heavy atom. The number of nitrogens with zero attached hydrogens (tertiary/aromatic N) is 1. The van der Waals surface area contributed by atoms with Gasteiger partial charge in [0.05, 0.1) is 18.4 Å². The van der Waals surface area contributed by atoms with Crippen LogP contribution in [0.15, 0.2) is 0 Å². The SMILES string of the molecule is O=C1[C@H]2CCCC[C@@H]2C(=O)N1C[NH+]1CCC[C@H](O)C1. The third-order valence-corrected chi connectivity index (χ3v) is 4.91. The lowest BCUT2D eigenvalue weighted by molar-refractivity contribution is -0.915. The van der Waals surface area contributed by atoms with Crippen molar-refractivity contribution in [3.63, 3.8) is 0 Å². The predicted octanol–water partition coefficient (Wildman–Crippen LogP) is -0.841. The second kappa shape index (κ2) is 5.21. The molecule has 3 aliphatic rings. The Balaban J connectivity index is 1.67. The molecular formula is C14H23N2O3+. The summed E-state index contributed by atoms with van der Waals surface area (Å²) in [5.41, 5.74) is 0. The lowest BCUT2D eigenvalue weighted by atomic mass is 9.81. The summed E-state index contributed by atoms with van der Waals surface area (Å²) in [6, 6.07) is 0. The molecule has 0 aromatic heterocycles. The molecule has 0 aromatic carbocycles. The molecule has 4 atom stereocenters. The smallest absolute Gasteiger partial charge is 0.237 e. The van der Waals surface area contributed by atoms with Gasteiger partial charge in [-0.05, 0) is 25.7 Å². The van der Waals surface area contributed by atoms with E-state index in [0.29, 0.717) is 13.2 Å². The molecule has 3 fully saturated rings. The molecule has 2 N–H and O–H groups in total. The van der Waals surface area contributed by atoms with Gasteiger partial charge in [0.15, 0.2) is 6.67 Å². The van der Waals surface area contributed by atoms with Crippen LogP contribution in [0.25, 0.3) is 0 Å². The van der Waals surface area contributed by atoms with E-state index < -0.39 is 0 Å². The van der Waals surface area contributed by atoms with Crippen molar-refractivity contribution in [3.8, 4) is 0 Å². The number of aliphatic hydroxyl groups excluding tert-OH is 1. The summed E-state index contributed by atoms with van der Waals surface area (Å²) in [5.74, 6) is -0.00439. The van der Waals surface area contributed by atoms with Gasteiger partial charge >= 0.3 is 0 Å². The number of amides is 2. The summed E-state index contributed by atoms with van der Waals surface area (Å²) in [7, 11) is 0. The number of likely N-dealkylation sites (tertiary alicyclic amines) is 2. The lowest BCUT2D eigenvalue weighted by Crippen LogP contribution is -3.15. The molecule has 3 rings (SSSR count). The first-order chi connectivity index (χ1) is 9.16. The van der Waals surface area contributed by atoms with Gasteiger partial charge in [-0.2, -0.15) is 0 Å². The molecule has 19 heavy (non-hydrogen) atoms. The van der Waals surface area contributed by atoms with Gasteiger partial charge in [0.2, 0.25) is 11.8 Å². The molecule has 0 bridgehead atoms. The maximum Gasteiger partial charge on any atom is 0.237 e. The van der Waals surface area contributed by atoms with Crippen LogP contribution in [0.4, 0.5) is 0 Å². The minimum atomic E-state index is -0.279. The van der Waals surface area contributed by atoms with Crippen molar-refractivity contribution in [1.29, 1.82) is 0 Å². The van der Waals surface area contributed by atoms with Crippen LogP contribution < -0.4 is 4.90 Å². The Morgan fingerprint density at radius 1 is 1.05 bits per heavy atom. The lowest BCUT2D eigenvalue weighted by Gasteiger charge is -2.29. The van der Waals surface area contributed by atoms with Crippen molar-refractivity contribution < 1.29 is 19.6 Å². The molecule has 106 valence electrons.